The van der Waals surface area contributed by atoms with Crippen LogP contribution in [0.25, 0.3) is 0 Å². The fourth-order valence-corrected chi connectivity index (χ4v) is 3.66. The van der Waals surface area contributed by atoms with Gasteiger partial charge in [-0.1, -0.05) is 22.9 Å². The van der Waals surface area contributed by atoms with Gasteiger partial charge in [0.2, 0.25) is 5.76 Å². The lowest BCUT2D eigenvalue weighted by Crippen LogP contribution is -2.42. The van der Waals surface area contributed by atoms with Gasteiger partial charge in [0.25, 0.3) is 0 Å². The molecule has 0 fully saturated rings. The molecule has 0 spiro atoms. The average molecular weight is 531 g/mol. The molecule has 1 unspecified atom stereocenters. The van der Waals surface area contributed by atoms with Crippen LogP contribution in [0.2, 0.25) is 0 Å². The molecule has 0 aromatic carbocycles. The van der Waals surface area contributed by atoms with Crippen LogP contribution in [0.1, 0.15) is 12.8 Å². The van der Waals surface area contributed by atoms with Crippen molar-refractivity contribution in [2.24, 2.45) is 0 Å². The van der Waals surface area contributed by atoms with Crippen molar-refractivity contribution < 1.29 is 69.0 Å². The van der Waals surface area contributed by atoms with Crippen molar-refractivity contribution in [2.75, 3.05) is 18.1 Å². The van der Waals surface area contributed by atoms with Gasteiger partial charge in [0.05, 0.1) is 35.0 Å². The SMILES string of the molecule is C=CCSS(=O)CC=C.O=C(O)CC(O)(CC(=O)O)C(=O)O.O=C1O[C@H]([C@@H](O)CO)C(O)=C1O. The maximum absolute atomic E-state index is 10.8. The Labute approximate surface area is 199 Å². The Kier molecular flexibility index (Phi) is 16.3. The summed E-state index contributed by atoms with van der Waals surface area (Å²) in [6.45, 7) is 6.32. The van der Waals surface area contributed by atoms with Gasteiger partial charge in [-0.3, -0.25) is 9.59 Å². The number of esters is 1. The first-order valence-corrected chi connectivity index (χ1v) is 11.7. The van der Waals surface area contributed by atoms with Crippen LogP contribution < -0.4 is 0 Å². The third-order valence-electron chi connectivity index (χ3n) is 3.33. The Morgan fingerprint density at radius 1 is 1.12 bits per heavy atom. The van der Waals surface area contributed by atoms with Crippen molar-refractivity contribution in [3.8, 4) is 0 Å². The van der Waals surface area contributed by atoms with E-state index in [1.54, 1.807) is 12.2 Å². The van der Waals surface area contributed by atoms with Crippen molar-refractivity contribution >= 4 is 44.5 Å². The minimum absolute atomic E-state index is 0.568. The number of carboxylic acids is 3. The van der Waals surface area contributed by atoms with Gasteiger partial charge in [0, 0.05) is 5.75 Å². The summed E-state index contributed by atoms with van der Waals surface area (Å²) in [6, 6.07) is 0. The highest BCUT2D eigenvalue weighted by molar-refractivity contribution is 8.69. The zero-order chi connectivity index (χ0) is 27.1. The lowest BCUT2D eigenvalue weighted by atomic mass is 9.96. The third-order valence-corrected chi connectivity index (χ3v) is 6.08. The number of ether oxygens (including phenoxy) is 1. The Balaban J connectivity index is 0. The van der Waals surface area contributed by atoms with Crippen molar-refractivity contribution in [3.05, 3.63) is 36.8 Å². The van der Waals surface area contributed by atoms with Gasteiger partial charge >= 0.3 is 23.9 Å². The topological polar surface area (TPSA) is 256 Å². The van der Waals surface area contributed by atoms with E-state index in [4.69, 9.17) is 40.9 Å². The molecule has 0 saturated heterocycles. The standard InChI is InChI=1S/C6H8O7.C6H8O6.C6H10OS2/c7-3(8)1-6(13,5(11)12)2-4(9)10;7-1-2(8)5-3(9)4(10)6(11)12-5;1-3-5-8-9(7)6-4-2/h13H,1-2H2,(H,7,8)(H,9,10)(H,11,12);2,5,7-10H,1H2;3-4H,1-2,5-6H2/t;2-,5+;/m.0./s1. The number of carbonyl (C=O) groups excluding carboxylic acids is 1. The smallest absolute Gasteiger partial charge is 0.377 e. The van der Waals surface area contributed by atoms with E-state index in [1.165, 1.54) is 10.8 Å². The molecular weight excluding hydrogens is 504 g/mol. The van der Waals surface area contributed by atoms with Gasteiger partial charge in [0.15, 0.2) is 17.5 Å². The number of carboxylic acid groups (broad SMARTS) is 3. The van der Waals surface area contributed by atoms with Crippen LogP contribution in [-0.2, 0) is 33.7 Å². The number of carbonyl (C=O) groups is 4. The van der Waals surface area contributed by atoms with E-state index in [-0.39, 0.29) is 0 Å². The van der Waals surface area contributed by atoms with E-state index in [9.17, 15) is 23.4 Å². The van der Waals surface area contributed by atoms with Gasteiger partial charge in [-0.05, 0) is 0 Å². The van der Waals surface area contributed by atoms with Crippen LogP contribution in [0.4, 0.5) is 0 Å². The molecule has 0 bridgehead atoms. The highest BCUT2D eigenvalue weighted by Gasteiger charge is 2.41. The summed E-state index contributed by atoms with van der Waals surface area (Å²) in [5, 5.41) is 68.9. The maximum atomic E-state index is 10.8. The molecule has 0 aromatic rings. The molecule has 194 valence electrons. The first-order chi connectivity index (χ1) is 15.7. The Hall–Kier alpha value is -2.92. The predicted molar refractivity (Wildman–Crippen MR) is 118 cm³/mol. The van der Waals surface area contributed by atoms with E-state index in [1.807, 2.05) is 0 Å². The molecular formula is C18H26O14S2. The molecule has 34 heavy (non-hydrogen) atoms. The summed E-state index contributed by atoms with van der Waals surface area (Å²) < 4.78 is 15.1. The second kappa shape index (κ2) is 16.7. The van der Waals surface area contributed by atoms with E-state index in [2.05, 4.69) is 17.9 Å². The molecule has 1 aliphatic rings. The van der Waals surface area contributed by atoms with E-state index in [0.717, 1.165) is 5.75 Å². The zero-order valence-electron chi connectivity index (χ0n) is 17.6. The first-order valence-electron chi connectivity index (χ1n) is 8.91. The van der Waals surface area contributed by atoms with Gasteiger partial charge in [0.1, 0.15) is 6.10 Å². The van der Waals surface area contributed by atoms with E-state index < -0.39 is 82.5 Å². The molecule has 3 atom stereocenters. The highest BCUT2D eigenvalue weighted by atomic mass is 33.1. The monoisotopic (exact) mass is 530 g/mol. The second-order valence-corrected chi connectivity index (χ2v) is 9.45. The van der Waals surface area contributed by atoms with Crippen LogP contribution in [0, 0.1) is 0 Å². The summed E-state index contributed by atoms with van der Waals surface area (Å²) in [5.41, 5.74) is -2.74. The maximum Gasteiger partial charge on any atom is 0.377 e. The van der Waals surface area contributed by atoms with Crippen molar-refractivity contribution in [1.29, 1.82) is 0 Å². The molecule has 0 amide bonds. The van der Waals surface area contributed by atoms with Gasteiger partial charge in [-0.2, -0.15) is 0 Å². The molecule has 0 aromatic heterocycles. The van der Waals surface area contributed by atoms with Crippen molar-refractivity contribution in [2.45, 2.75) is 30.7 Å². The summed E-state index contributed by atoms with van der Waals surface area (Å²) in [7, 11) is 0.591. The number of aliphatic carboxylic acids is 3. The molecule has 1 aliphatic heterocycles. The van der Waals surface area contributed by atoms with Gasteiger partial charge in [-0.25, -0.2) is 13.8 Å². The molecule has 1 rings (SSSR count). The molecule has 1 heterocycles. The predicted octanol–water partition coefficient (Wildman–Crippen LogP) is -0.901. The van der Waals surface area contributed by atoms with Gasteiger partial charge < -0.3 is 45.6 Å². The molecule has 16 heteroatoms. The quantitative estimate of drug-likeness (QED) is 0.0863. The van der Waals surface area contributed by atoms with Crippen LogP contribution in [-0.4, -0.2) is 105 Å². The number of hydrogen-bond donors (Lipinski definition) is 8. The minimum Gasteiger partial charge on any atom is -0.505 e. The molecule has 8 N–H and O–H groups in total. The van der Waals surface area contributed by atoms with Crippen LogP contribution in [0.15, 0.2) is 36.8 Å². The number of hydrogen-bond acceptors (Lipinski definition) is 12. The van der Waals surface area contributed by atoms with Crippen molar-refractivity contribution in [3.63, 3.8) is 0 Å². The summed E-state index contributed by atoms with van der Waals surface area (Å²) in [6.07, 6.45) is -1.66. The molecule has 14 nitrogen and oxygen atoms in total. The number of cyclic esters (lactones) is 1. The Bertz CT molecular complexity index is 790. The second-order valence-electron chi connectivity index (χ2n) is 6.12. The van der Waals surface area contributed by atoms with Crippen molar-refractivity contribution in [1.82, 2.24) is 0 Å². The summed E-state index contributed by atoms with van der Waals surface area (Å²) in [4.78, 5) is 41.0. The van der Waals surface area contributed by atoms with Crippen LogP contribution >= 0.6 is 10.8 Å². The summed E-state index contributed by atoms with van der Waals surface area (Å²) >= 11 is 0. The lowest BCUT2D eigenvalue weighted by Gasteiger charge is -2.18. The summed E-state index contributed by atoms with van der Waals surface area (Å²) in [5.74, 6) is -6.48. The van der Waals surface area contributed by atoms with Crippen LogP contribution in [0.3, 0.4) is 0 Å². The normalized spacial score (nSPS) is 16.6. The van der Waals surface area contributed by atoms with E-state index >= 15 is 0 Å². The third kappa shape index (κ3) is 12.9. The largest absolute Gasteiger partial charge is 0.505 e. The zero-order valence-corrected chi connectivity index (χ0v) is 19.2. The fourth-order valence-electron chi connectivity index (χ4n) is 1.81. The Morgan fingerprint density at radius 2 is 1.62 bits per heavy atom. The number of aliphatic hydroxyl groups is 5. The fraction of sp³-hybridized carbons (Fsp3) is 0.444. The average Bonchev–Trinajstić information content (AvgIpc) is 2.99. The molecule has 0 saturated carbocycles. The molecule has 0 radical (unpaired) electrons. The Morgan fingerprint density at radius 3 is 1.91 bits per heavy atom. The number of aliphatic hydroxyl groups excluding tert-OH is 4. The lowest BCUT2D eigenvalue weighted by molar-refractivity contribution is -0.170. The van der Waals surface area contributed by atoms with E-state index in [0.29, 0.717) is 5.75 Å². The highest BCUT2D eigenvalue weighted by Crippen LogP contribution is 2.21. The molecule has 0 aliphatic carbocycles. The minimum atomic E-state index is -2.74. The number of rotatable bonds is 12. The van der Waals surface area contributed by atoms with Crippen LogP contribution in [0.5, 0.6) is 0 Å². The first kappa shape index (κ1) is 33.3. The van der Waals surface area contributed by atoms with Gasteiger partial charge in [-0.15, -0.1) is 13.2 Å².